The van der Waals surface area contributed by atoms with Gasteiger partial charge in [0.2, 0.25) is 0 Å². The average Bonchev–Trinajstić information content (AvgIpc) is 2.67. The maximum Gasteiger partial charge on any atom is 0.288 e. The number of rotatable bonds is 6. The smallest absolute Gasteiger partial charge is 0.288 e. The summed E-state index contributed by atoms with van der Waals surface area (Å²) in [4.78, 5) is 2.50. The van der Waals surface area contributed by atoms with Crippen LogP contribution in [0.4, 0.5) is 14.5 Å². The van der Waals surface area contributed by atoms with E-state index in [1.54, 1.807) is 24.3 Å². The van der Waals surface area contributed by atoms with Crippen LogP contribution in [0.1, 0.15) is 6.92 Å². The van der Waals surface area contributed by atoms with E-state index in [4.69, 9.17) is 21.7 Å². The summed E-state index contributed by atoms with van der Waals surface area (Å²) >= 11 is 6.02. The molecule has 144 valence electrons. The number of fused-ring (bicyclic) bond motifs is 1. The average molecular weight is 411 g/mol. The van der Waals surface area contributed by atoms with Crippen molar-refractivity contribution in [3.63, 3.8) is 0 Å². The van der Waals surface area contributed by atoms with Crippen molar-refractivity contribution < 1.29 is 18.3 Å². The van der Waals surface area contributed by atoms with E-state index in [0.717, 1.165) is 17.2 Å². The molecule has 1 atom stereocenters. The Morgan fingerprint density at radius 1 is 1.22 bits per heavy atom. The minimum absolute atomic E-state index is 0.135. The van der Waals surface area contributed by atoms with Crippen LogP contribution in [0, 0.1) is 0 Å². The predicted octanol–water partition coefficient (Wildman–Crippen LogP) is 4.86. The fourth-order valence-corrected chi connectivity index (χ4v) is 3.50. The molecule has 0 saturated heterocycles. The third-order valence-corrected chi connectivity index (χ3v) is 5.07. The van der Waals surface area contributed by atoms with Crippen LogP contribution in [-0.4, -0.2) is 41.6 Å². The van der Waals surface area contributed by atoms with Crippen molar-refractivity contribution in [3.05, 3.63) is 48.5 Å². The lowest BCUT2D eigenvalue weighted by atomic mass is 10.2. The molecule has 1 aliphatic rings. The molecule has 0 aromatic heterocycles. The van der Waals surface area contributed by atoms with Crippen LogP contribution in [0.25, 0.3) is 0 Å². The van der Waals surface area contributed by atoms with E-state index in [2.05, 4.69) is 5.32 Å². The van der Waals surface area contributed by atoms with Crippen molar-refractivity contribution in [2.75, 3.05) is 25.0 Å². The third kappa shape index (κ3) is 5.46. The van der Waals surface area contributed by atoms with Gasteiger partial charge in [0.1, 0.15) is 6.61 Å². The van der Waals surface area contributed by atoms with E-state index in [1.807, 2.05) is 36.1 Å². The summed E-state index contributed by atoms with van der Waals surface area (Å²) in [5, 5.41) is 3.70. The Morgan fingerprint density at radius 3 is 2.59 bits per heavy atom. The number of thiocarbonyl (C=S) groups is 1. The molecular weight excluding hydrogens is 390 g/mol. The molecule has 0 aliphatic carbocycles. The summed E-state index contributed by atoms with van der Waals surface area (Å²) in [6.07, 6.45) is -0.135. The fraction of sp³-hybridized carbons (Fsp3) is 0.316. The predicted molar refractivity (Wildman–Crippen MR) is 108 cm³/mol. The Labute approximate surface area is 166 Å². The molecule has 0 amide bonds. The van der Waals surface area contributed by atoms with Gasteiger partial charge in [0.25, 0.3) is 5.76 Å². The second kappa shape index (κ2) is 9.23. The van der Waals surface area contributed by atoms with Crippen molar-refractivity contribution in [2.24, 2.45) is 0 Å². The van der Waals surface area contributed by atoms with Crippen LogP contribution in [-0.2, 0) is 0 Å². The van der Waals surface area contributed by atoms with E-state index in [9.17, 15) is 8.78 Å². The first kappa shape index (κ1) is 19.7. The van der Waals surface area contributed by atoms with Crippen LogP contribution in [0.2, 0.25) is 0 Å². The summed E-state index contributed by atoms with van der Waals surface area (Å²) < 4.78 is 36.5. The lowest BCUT2D eigenvalue weighted by Crippen LogP contribution is -2.45. The molecule has 0 radical (unpaired) electrons. The Bertz CT molecular complexity index is 775. The number of nitrogens with one attached hydrogen (secondary N) is 1. The first-order chi connectivity index (χ1) is 13.0. The highest BCUT2D eigenvalue weighted by atomic mass is 32.2. The van der Waals surface area contributed by atoms with Gasteiger partial charge in [0, 0.05) is 17.1 Å². The maximum atomic E-state index is 12.4. The number of anilines is 1. The molecule has 0 fully saturated rings. The highest BCUT2D eigenvalue weighted by Crippen LogP contribution is 2.31. The molecule has 4 nitrogen and oxygen atoms in total. The van der Waals surface area contributed by atoms with Crippen molar-refractivity contribution in [1.82, 2.24) is 4.90 Å². The largest absolute Gasteiger partial charge is 0.486 e. The van der Waals surface area contributed by atoms with Gasteiger partial charge in [0.15, 0.2) is 22.7 Å². The molecule has 1 N–H and O–H groups in total. The standard InChI is InChI=1S/C19H20F2N2O2S2/c1-2-23(11-14-12-24-16-5-3-4-6-17(16)25-14)19(26)22-13-7-9-15(10-8-13)27-18(20)21/h3-10,14,18H,2,11-12H2,1H3,(H,22,26)/t14-/m0/s1. The molecule has 2 aromatic carbocycles. The summed E-state index contributed by atoms with van der Waals surface area (Å²) in [5.41, 5.74) is 0.753. The number of alkyl halides is 2. The van der Waals surface area contributed by atoms with Crippen LogP contribution in [0.15, 0.2) is 53.4 Å². The number of ether oxygens (including phenoxy) is 2. The molecule has 0 bridgehead atoms. The SMILES string of the molecule is CCN(C[C@H]1COc2ccccc2O1)C(=S)Nc1ccc(SC(F)F)cc1. The normalized spacial score (nSPS) is 15.5. The Balaban J connectivity index is 1.56. The second-order valence-corrected chi connectivity index (χ2v) is 7.32. The van der Waals surface area contributed by atoms with Crippen LogP contribution in [0.3, 0.4) is 0 Å². The number of hydrogen-bond donors (Lipinski definition) is 1. The van der Waals surface area contributed by atoms with Crippen LogP contribution >= 0.6 is 24.0 Å². The Kier molecular flexibility index (Phi) is 6.73. The first-order valence-electron chi connectivity index (χ1n) is 8.54. The molecule has 0 saturated carbocycles. The van der Waals surface area contributed by atoms with Gasteiger partial charge in [-0.05, 0) is 55.5 Å². The number of para-hydroxylation sites is 2. The van der Waals surface area contributed by atoms with Gasteiger partial charge in [-0.15, -0.1) is 0 Å². The molecule has 1 aliphatic heterocycles. The molecule has 2 aromatic rings. The second-order valence-electron chi connectivity index (χ2n) is 5.87. The zero-order valence-electron chi connectivity index (χ0n) is 14.7. The highest BCUT2D eigenvalue weighted by molar-refractivity contribution is 7.99. The minimum Gasteiger partial charge on any atom is -0.486 e. The Hall–Kier alpha value is -2.06. The fourth-order valence-electron chi connectivity index (χ4n) is 2.68. The van der Waals surface area contributed by atoms with Crippen molar-refractivity contribution in [2.45, 2.75) is 23.7 Å². The van der Waals surface area contributed by atoms with Crippen LogP contribution in [0.5, 0.6) is 11.5 Å². The van der Waals surface area contributed by atoms with Crippen LogP contribution < -0.4 is 14.8 Å². The molecule has 0 unspecified atom stereocenters. The van der Waals surface area contributed by atoms with Gasteiger partial charge >= 0.3 is 0 Å². The van der Waals surface area contributed by atoms with E-state index in [-0.39, 0.29) is 6.10 Å². The van der Waals surface area contributed by atoms with Crippen molar-refractivity contribution in [3.8, 4) is 11.5 Å². The Morgan fingerprint density at radius 2 is 1.93 bits per heavy atom. The molecular formula is C19H20F2N2O2S2. The molecule has 27 heavy (non-hydrogen) atoms. The lowest BCUT2D eigenvalue weighted by Gasteiger charge is -2.32. The zero-order valence-corrected chi connectivity index (χ0v) is 16.4. The zero-order chi connectivity index (χ0) is 19.2. The quantitative estimate of drug-likeness (QED) is 0.541. The van der Waals surface area contributed by atoms with Gasteiger partial charge in [-0.3, -0.25) is 0 Å². The number of hydrogen-bond acceptors (Lipinski definition) is 4. The molecule has 0 spiro atoms. The van der Waals surface area contributed by atoms with Crippen molar-refractivity contribution in [1.29, 1.82) is 0 Å². The van der Waals surface area contributed by atoms with Gasteiger partial charge in [-0.1, -0.05) is 23.9 Å². The third-order valence-electron chi connectivity index (χ3n) is 3.99. The summed E-state index contributed by atoms with van der Waals surface area (Å²) in [7, 11) is 0. The van der Waals surface area contributed by atoms with Gasteiger partial charge < -0.3 is 19.7 Å². The monoisotopic (exact) mass is 410 g/mol. The number of thioether (sulfide) groups is 1. The van der Waals surface area contributed by atoms with Gasteiger partial charge in [-0.2, -0.15) is 8.78 Å². The summed E-state index contributed by atoms with van der Waals surface area (Å²) in [6.45, 7) is 3.74. The number of nitrogens with zero attached hydrogens (tertiary/aromatic N) is 1. The summed E-state index contributed by atoms with van der Waals surface area (Å²) in [5.74, 6) is -0.946. The van der Waals surface area contributed by atoms with Gasteiger partial charge in [0.05, 0.1) is 6.54 Å². The minimum atomic E-state index is -2.43. The molecule has 1 heterocycles. The van der Waals surface area contributed by atoms with E-state index < -0.39 is 5.76 Å². The molecule has 8 heteroatoms. The number of benzene rings is 2. The summed E-state index contributed by atoms with van der Waals surface area (Å²) in [6, 6.07) is 14.3. The topological polar surface area (TPSA) is 33.7 Å². The van der Waals surface area contributed by atoms with Gasteiger partial charge in [-0.25, -0.2) is 0 Å². The van der Waals surface area contributed by atoms with E-state index in [0.29, 0.717) is 41.5 Å². The van der Waals surface area contributed by atoms with Crippen molar-refractivity contribution >= 4 is 34.8 Å². The lowest BCUT2D eigenvalue weighted by molar-refractivity contribution is 0.0754. The first-order valence-corrected chi connectivity index (χ1v) is 9.83. The van der Waals surface area contributed by atoms with E-state index >= 15 is 0 Å². The maximum absolute atomic E-state index is 12.4. The highest BCUT2D eigenvalue weighted by Gasteiger charge is 2.23. The molecule has 3 rings (SSSR count). The number of halogens is 2. The van der Waals surface area contributed by atoms with E-state index in [1.165, 1.54) is 0 Å². The number of likely N-dealkylation sites (N-methyl/N-ethyl adjacent to an activating group) is 1.